The molecule has 146 valence electrons. The highest BCUT2D eigenvalue weighted by atomic mass is 19.1. The Labute approximate surface area is 162 Å². The smallest absolute Gasteiger partial charge is 0.338 e. The summed E-state index contributed by atoms with van der Waals surface area (Å²) in [5, 5.41) is 3.72. The molecule has 0 radical (unpaired) electrons. The summed E-state index contributed by atoms with van der Waals surface area (Å²) < 4.78 is 20.4. The molecule has 28 heavy (non-hydrogen) atoms. The van der Waals surface area contributed by atoms with Crippen LogP contribution in [0, 0.1) is 12.7 Å². The van der Waals surface area contributed by atoms with Crippen LogP contribution in [0.4, 0.5) is 4.39 Å². The molecule has 3 aromatic rings. The van der Waals surface area contributed by atoms with Gasteiger partial charge in [0.05, 0.1) is 16.7 Å². The minimum absolute atomic E-state index is 0.0323. The predicted octanol–water partition coefficient (Wildman–Crippen LogP) is 3.39. The summed E-state index contributed by atoms with van der Waals surface area (Å²) in [5.41, 5.74) is 1.20. The zero-order chi connectivity index (χ0) is 20.5. The molecular weight excluding hydrogens is 361 g/mol. The fourth-order valence-electron chi connectivity index (χ4n) is 2.87. The average Bonchev–Trinajstić information content (AvgIpc) is 3.00. The third-order valence-electron chi connectivity index (χ3n) is 4.39. The second-order valence-electron chi connectivity index (χ2n) is 7.44. The Morgan fingerprint density at radius 3 is 2.71 bits per heavy atom. The number of aromatic nitrogens is 2. The molecule has 1 aromatic carbocycles. The standard InChI is InChI=1S/C21H22FN3O3/c1-13-9-16(22)5-6-17(13)20(27)28-12-21(2,3)24-19(26)15-10-14-7-8-25(4)18(14)23-11-15/h5-11H,12H2,1-4H3,(H,24,26). The van der Waals surface area contributed by atoms with Crippen molar-refractivity contribution in [3.8, 4) is 0 Å². The Bertz CT molecular complexity index is 1060. The molecule has 3 rings (SSSR count). The van der Waals surface area contributed by atoms with Gasteiger partial charge in [0, 0.05) is 24.8 Å². The van der Waals surface area contributed by atoms with Crippen molar-refractivity contribution in [2.75, 3.05) is 6.61 Å². The highest BCUT2D eigenvalue weighted by Crippen LogP contribution is 2.16. The molecular formula is C21H22FN3O3. The minimum Gasteiger partial charge on any atom is -0.460 e. The normalized spacial score (nSPS) is 11.5. The van der Waals surface area contributed by atoms with Crippen molar-refractivity contribution >= 4 is 22.9 Å². The maximum atomic E-state index is 13.2. The summed E-state index contributed by atoms with van der Waals surface area (Å²) in [6.07, 6.45) is 3.39. The quantitative estimate of drug-likeness (QED) is 0.686. The number of hydrogen-bond acceptors (Lipinski definition) is 4. The van der Waals surface area contributed by atoms with Gasteiger partial charge in [0.2, 0.25) is 0 Å². The van der Waals surface area contributed by atoms with E-state index in [1.165, 1.54) is 24.4 Å². The van der Waals surface area contributed by atoms with Crippen LogP contribution in [0.15, 0.2) is 42.7 Å². The van der Waals surface area contributed by atoms with Gasteiger partial charge in [-0.15, -0.1) is 0 Å². The largest absolute Gasteiger partial charge is 0.460 e. The zero-order valence-electron chi connectivity index (χ0n) is 16.2. The van der Waals surface area contributed by atoms with Crippen LogP contribution in [0.2, 0.25) is 0 Å². The lowest BCUT2D eigenvalue weighted by Crippen LogP contribution is -2.47. The van der Waals surface area contributed by atoms with E-state index in [-0.39, 0.29) is 12.5 Å². The molecule has 0 spiro atoms. The first kappa shape index (κ1) is 19.5. The molecule has 2 aromatic heterocycles. The summed E-state index contributed by atoms with van der Waals surface area (Å²) in [4.78, 5) is 29.1. The molecule has 0 unspecified atom stereocenters. The van der Waals surface area contributed by atoms with Gasteiger partial charge in [0.25, 0.3) is 5.91 Å². The molecule has 0 atom stereocenters. The number of nitrogens with zero attached hydrogens (tertiary/aromatic N) is 2. The number of benzene rings is 1. The number of nitrogens with one attached hydrogen (secondary N) is 1. The van der Waals surface area contributed by atoms with Crippen LogP contribution in [0.3, 0.4) is 0 Å². The second-order valence-corrected chi connectivity index (χ2v) is 7.44. The topological polar surface area (TPSA) is 73.2 Å². The van der Waals surface area contributed by atoms with Crippen LogP contribution < -0.4 is 5.32 Å². The molecule has 0 saturated carbocycles. The maximum absolute atomic E-state index is 13.2. The number of hydrogen-bond donors (Lipinski definition) is 1. The van der Waals surface area contributed by atoms with Crippen LogP contribution in [0.5, 0.6) is 0 Å². The van der Waals surface area contributed by atoms with Crippen LogP contribution in [0.1, 0.15) is 40.1 Å². The molecule has 0 bridgehead atoms. The number of halogens is 1. The maximum Gasteiger partial charge on any atom is 0.338 e. The Hall–Kier alpha value is -3.22. The first-order valence-electron chi connectivity index (χ1n) is 8.83. The van der Waals surface area contributed by atoms with Gasteiger partial charge in [-0.3, -0.25) is 4.79 Å². The van der Waals surface area contributed by atoms with Crippen molar-refractivity contribution < 1.29 is 18.7 Å². The van der Waals surface area contributed by atoms with E-state index in [0.29, 0.717) is 16.7 Å². The lowest BCUT2D eigenvalue weighted by Gasteiger charge is -2.26. The summed E-state index contributed by atoms with van der Waals surface area (Å²) in [6.45, 7) is 5.11. The van der Waals surface area contributed by atoms with Crippen LogP contribution in [0.25, 0.3) is 11.0 Å². The fourth-order valence-corrected chi connectivity index (χ4v) is 2.87. The average molecular weight is 383 g/mol. The van der Waals surface area contributed by atoms with Crippen molar-refractivity contribution in [1.29, 1.82) is 0 Å². The number of carbonyl (C=O) groups is 2. The Morgan fingerprint density at radius 1 is 1.25 bits per heavy atom. The summed E-state index contributed by atoms with van der Waals surface area (Å²) >= 11 is 0. The second kappa shape index (κ2) is 7.42. The molecule has 0 aliphatic heterocycles. The molecule has 2 heterocycles. The van der Waals surface area contributed by atoms with Gasteiger partial charge in [-0.2, -0.15) is 0 Å². The number of carbonyl (C=O) groups excluding carboxylic acids is 2. The van der Waals surface area contributed by atoms with E-state index >= 15 is 0 Å². The third-order valence-corrected chi connectivity index (χ3v) is 4.39. The fraction of sp³-hybridized carbons (Fsp3) is 0.286. The molecule has 0 fully saturated rings. The number of ether oxygens (including phenoxy) is 1. The number of fused-ring (bicyclic) bond motifs is 1. The molecule has 1 N–H and O–H groups in total. The molecule has 1 amide bonds. The minimum atomic E-state index is -0.799. The molecule has 0 aliphatic rings. The third kappa shape index (κ3) is 4.19. The van der Waals surface area contributed by atoms with E-state index in [9.17, 15) is 14.0 Å². The van der Waals surface area contributed by atoms with Crippen molar-refractivity contribution in [1.82, 2.24) is 14.9 Å². The Balaban J connectivity index is 1.65. The van der Waals surface area contributed by atoms with Gasteiger partial charge >= 0.3 is 5.97 Å². The summed E-state index contributed by atoms with van der Waals surface area (Å²) in [7, 11) is 1.88. The number of amides is 1. The van der Waals surface area contributed by atoms with E-state index in [1.807, 2.05) is 23.9 Å². The lowest BCUT2D eigenvalue weighted by molar-refractivity contribution is 0.0389. The molecule has 6 nitrogen and oxygen atoms in total. The van der Waals surface area contributed by atoms with Gasteiger partial charge in [0.1, 0.15) is 18.1 Å². The van der Waals surface area contributed by atoms with Gasteiger partial charge in [-0.1, -0.05) is 0 Å². The number of aryl methyl sites for hydroxylation is 2. The number of rotatable bonds is 5. The zero-order valence-corrected chi connectivity index (χ0v) is 16.2. The number of pyridine rings is 1. The van der Waals surface area contributed by atoms with E-state index < -0.39 is 17.3 Å². The van der Waals surface area contributed by atoms with Gasteiger partial charge < -0.3 is 14.6 Å². The highest BCUT2D eigenvalue weighted by molar-refractivity contribution is 5.97. The Kier molecular flexibility index (Phi) is 5.18. The summed E-state index contributed by atoms with van der Waals surface area (Å²) in [5.74, 6) is -1.28. The molecule has 7 heteroatoms. The van der Waals surface area contributed by atoms with E-state index in [2.05, 4.69) is 10.3 Å². The lowest BCUT2D eigenvalue weighted by atomic mass is 10.1. The predicted molar refractivity (Wildman–Crippen MR) is 104 cm³/mol. The monoisotopic (exact) mass is 383 g/mol. The first-order chi connectivity index (χ1) is 13.2. The number of esters is 1. The highest BCUT2D eigenvalue weighted by Gasteiger charge is 2.24. The Morgan fingerprint density at radius 2 is 2.00 bits per heavy atom. The van der Waals surface area contributed by atoms with Gasteiger partial charge in [0.15, 0.2) is 0 Å². The first-order valence-corrected chi connectivity index (χ1v) is 8.83. The van der Waals surface area contributed by atoms with Crippen molar-refractivity contribution in [2.45, 2.75) is 26.3 Å². The van der Waals surface area contributed by atoms with Gasteiger partial charge in [-0.05, 0) is 56.7 Å². The van der Waals surface area contributed by atoms with E-state index in [4.69, 9.17) is 4.74 Å². The van der Waals surface area contributed by atoms with Crippen LogP contribution in [-0.2, 0) is 11.8 Å². The van der Waals surface area contributed by atoms with Gasteiger partial charge in [-0.25, -0.2) is 14.2 Å². The van der Waals surface area contributed by atoms with Crippen molar-refractivity contribution in [3.63, 3.8) is 0 Å². The van der Waals surface area contributed by atoms with Crippen LogP contribution in [-0.4, -0.2) is 33.6 Å². The van der Waals surface area contributed by atoms with Crippen molar-refractivity contribution in [2.24, 2.45) is 7.05 Å². The van der Waals surface area contributed by atoms with E-state index in [0.717, 1.165) is 11.0 Å². The van der Waals surface area contributed by atoms with E-state index in [1.54, 1.807) is 26.8 Å². The molecule has 0 saturated heterocycles. The van der Waals surface area contributed by atoms with Crippen molar-refractivity contribution in [3.05, 3.63) is 65.2 Å². The summed E-state index contributed by atoms with van der Waals surface area (Å²) in [6, 6.07) is 7.53. The van der Waals surface area contributed by atoms with Crippen LogP contribution >= 0.6 is 0 Å². The molecule has 0 aliphatic carbocycles. The SMILES string of the molecule is Cc1cc(F)ccc1C(=O)OCC(C)(C)NC(=O)c1cnc2c(ccn2C)c1.